The highest BCUT2D eigenvalue weighted by atomic mass is 32.1. The number of hydrogen-bond donors (Lipinski definition) is 1. The Morgan fingerprint density at radius 3 is 2.55 bits per heavy atom. The first-order chi connectivity index (χ1) is 9.36. The first kappa shape index (κ1) is 15.1. The van der Waals surface area contributed by atoms with Crippen molar-refractivity contribution in [2.24, 2.45) is 0 Å². The highest BCUT2D eigenvalue weighted by molar-refractivity contribution is 7.15. The molecule has 0 aliphatic carbocycles. The number of rotatable bonds is 4. The highest BCUT2D eigenvalue weighted by Crippen LogP contribution is 2.34. The second kappa shape index (κ2) is 5.97. The Hall–Kier alpha value is -1.33. The molecule has 0 fully saturated rings. The second-order valence-corrected chi connectivity index (χ2v) is 6.05. The number of benzene rings is 1. The topological polar surface area (TPSA) is 12.0 Å². The van der Waals surface area contributed by atoms with E-state index in [-0.39, 0.29) is 0 Å². The standard InChI is InChI=1S/C15H16F3NS/c1-10(2)19-9-13-6-7-14(20-13)11-4-3-5-12(8-11)15(16,17)18/h3-8,10,19H,9H2,1-2H3. The van der Waals surface area contributed by atoms with Gasteiger partial charge in [0, 0.05) is 22.3 Å². The summed E-state index contributed by atoms with van der Waals surface area (Å²) in [6.45, 7) is 4.85. The summed E-state index contributed by atoms with van der Waals surface area (Å²) in [4.78, 5) is 1.97. The van der Waals surface area contributed by atoms with Crippen LogP contribution in [0.2, 0.25) is 0 Å². The fourth-order valence-corrected chi connectivity index (χ4v) is 2.74. The molecule has 2 rings (SSSR count). The van der Waals surface area contributed by atoms with Gasteiger partial charge in [0.05, 0.1) is 5.56 Å². The van der Waals surface area contributed by atoms with E-state index in [9.17, 15) is 13.2 Å². The number of halogens is 3. The molecule has 0 saturated carbocycles. The first-order valence-corrected chi connectivity index (χ1v) is 7.17. The van der Waals surface area contributed by atoms with E-state index in [0.29, 0.717) is 11.6 Å². The molecule has 0 atom stereocenters. The SMILES string of the molecule is CC(C)NCc1ccc(-c2cccc(C(F)(F)F)c2)s1. The van der Waals surface area contributed by atoms with Crippen molar-refractivity contribution in [2.45, 2.75) is 32.6 Å². The normalized spacial score (nSPS) is 12.1. The van der Waals surface area contributed by atoms with Gasteiger partial charge in [-0.3, -0.25) is 0 Å². The molecule has 0 amide bonds. The highest BCUT2D eigenvalue weighted by Gasteiger charge is 2.30. The maximum Gasteiger partial charge on any atom is 0.416 e. The zero-order chi connectivity index (χ0) is 14.8. The molecule has 5 heteroatoms. The number of hydrogen-bond acceptors (Lipinski definition) is 2. The fraction of sp³-hybridized carbons (Fsp3) is 0.333. The van der Waals surface area contributed by atoms with Crippen LogP contribution in [0.5, 0.6) is 0 Å². The number of thiophene rings is 1. The van der Waals surface area contributed by atoms with E-state index in [4.69, 9.17) is 0 Å². The van der Waals surface area contributed by atoms with Crippen LogP contribution < -0.4 is 5.32 Å². The smallest absolute Gasteiger partial charge is 0.310 e. The van der Waals surface area contributed by atoms with E-state index in [1.54, 1.807) is 6.07 Å². The minimum absolute atomic E-state index is 0.383. The molecule has 108 valence electrons. The lowest BCUT2D eigenvalue weighted by Crippen LogP contribution is -2.21. The summed E-state index contributed by atoms with van der Waals surface area (Å²) in [6, 6.07) is 9.66. The Morgan fingerprint density at radius 1 is 1.15 bits per heavy atom. The maximum atomic E-state index is 12.7. The Balaban J connectivity index is 2.20. The molecule has 0 bridgehead atoms. The van der Waals surface area contributed by atoms with Gasteiger partial charge in [0.15, 0.2) is 0 Å². The maximum absolute atomic E-state index is 12.7. The van der Waals surface area contributed by atoms with Gasteiger partial charge in [0.2, 0.25) is 0 Å². The predicted molar refractivity (Wildman–Crippen MR) is 76.7 cm³/mol. The average Bonchev–Trinajstić information content (AvgIpc) is 2.84. The zero-order valence-electron chi connectivity index (χ0n) is 11.3. The summed E-state index contributed by atoms with van der Waals surface area (Å²) in [5, 5.41) is 3.29. The van der Waals surface area contributed by atoms with Crippen LogP contribution in [-0.2, 0) is 12.7 Å². The molecule has 20 heavy (non-hydrogen) atoms. The lowest BCUT2D eigenvalue weighted by molar-refractivity contribution is -0.137. The van der Waals surface area contributed by atoms with Crippen LogP contribution >= 0.6 is 11.3 Å². The third-order valence-electron chi connectivity index (χ3n) is 2.82. The van der Waals surface area contributed by atoms with Gasteiger partial charge in [0.1, 0.15) is 0 Å². The summed E-state index contributed by atoms with van der Waals surface area (Å²) < 4.78 is 38.1. The van der Waals surface area contributed by atoms with Crippen molar-refractivity contribution in [3.8, 4) is 10.4 Å². The van der Waals surface area contributed by atoms with E-state index in [1.165, 1.54) is 23.5 Å². The van der Waals surface area contributed by atoms with Gasteiger partial charge >= 0.3 is 6.18 Å². The monoisotopic (exact) mass is 299 g/mol. The van der Waals surface area contributed by atoms with Crippen LogP contribution in [0.4, 0.5) is 13.2 Å². The molecular weight excluding hydrogens is 283 g/mol. The Labute approximate surface area is 120 Å². The Kier molecular flexibility index (Phi) is 4.50. The molecule has 1 heterocycles. The average molecular weight is 299 g/mol. The molecule has 0 radical (unpaired) electrons. The summed E-state index contributed by atoms with van der Waals surface area (Å²) in [6.07, 6.45) is -4.30. The van der Waals surface area contributed by atoms with Crippen LogP contribution in [-0.4, -0.2) is 6.04 Å². The molecule has 0 aliphatic rings. The minimum Gasteiger partial charge on any atom is -0.310 e. The lowest BCUT2D eigenvalue weighted by atomic mass is 10.1. The lowest BCUT2D eigenvalue weighted by Gasteiger charge is -2.08. The molecule has 0 spiro atoms. The van der Waals surface area contributed by atoms with E-state index in [0.717, 1.165) is 22.4 Å². The van der Waals surface area contributed by atoms with E-state index >= 15 is 0 Å². The number of alkyl halides is 3. The molecule has 1 nitrogen and oxygen atoms in total. The van der Waals surface area contributed by atoms with E-state index < -0.39 is 11.7 Å². The van der Waals surface area contributed by atoms with E-state index in [2.05, 4.69) is 19.2 Å². The summed E-state index contributed by atoms with van der Waals surface area (Å²) in [5.74, 6) is 0. The van der Waals surface area contributed by atoms with Crippen molar-refractivity contribution in [1.82, 2.24) is 5.32 Å². The van der Waals surface area contributed by atoms with Gasteiger partial charge < -0.3 is 5.32 Å². The van der Waals surface area contributed by atoms with Crippen molar-refractivity contribution in [3.05, 3.63) is 46.8 Å². The molecule has 0 saturated heterocycles. The van der Waals surface area contributed by atoms with Crippen molar-refractivity contribution in [1.29, 1.82) is 0 Å². The largest absolute Gasteiger partial charge is 0.416 e. The molecule has 0 aliphatic heterocycles. The van der Waals surface area contributed by atoms with Gasteiger partial charge in [-0.25, -0.2) is 0 Å². The molecule has 0 unspecified atom stereocenters. The summed E-state index contributed by atoms with van der Waals surface area (Å²) in [5.41, 5.74) is 0.00544. The fourth-order valence-electron chi connectivity index (χ4n) is 1.78. The van der Waals surface area contributed by atoms with Gasteiger partial charge in [0.25, 0.3) is 0 Å². The summed E-state index contributed by atoms with van der Waals surface area (Å²) >= 11 is 1.52. The van der Waals surface area contributed by atoms with Crippen molar-refractivity contribution in [2.75, 3.05) is 0 Å². The Bertz CT molecular complexity index is 572. The van der Waals surface area contributed by atoms with Gasteiger partial charge in [-0.1, -0.05) is 26.0 Å². The van der Waals surface area contributed by atoms with Gasteiger partial charge in [-0.2, -0.15) is 13.2 Å². The molecule has 1 aromatic heterocycles. The molecule has 1 aromatic carbocycles. The van der Waals surface area contributed by atoms with Gasteiger partial charge in [-0.15, -0.1) is 11.3 Å². The third-order valence-corrected chi connectivity index (χ3v) is 3.95. The molecular formula is C15H16F3NS. The van der Waals surface area contributed by atoms with Crippen molar-refractivity contribution in [3.63, 3.8) is 0 Å². The quantitative estimate of drug-likeness (QED) is 0.844. The second-order valence-electron chi connectivity index (χ2n) is 4.88. The van der Waals surface area contributed by atoms with Crippen LogP contribution in [0.25, 0.3) is 10.4 Å². The van der Waals surface area contributed by atoms with Crippen molar-refractivity contribution >= 4 is 11.3 Å². The third kappa shape index (κ3) is 3.84. The molecule has 2 aromatic rings. The predicted octanol–water partition coefficient (Wildman–Crippen LogP) is 4.93. The van der Waals surface area contributed by atoms with E-state index in [1.807, 2.05) is 12.1 Å². The number of nitrogens with one attached hydrogen (secondary N) is 1. The van der Waals surface area contributed by atoms with Crippen LogP contribution in [0.3, 0.4) is 0 Å². The first-order valence-electron chi connectivity index (χ1n) is 6.36. The zero-order valence-corrected chi connectivity index (χ0v) is 12.1. The van der Waals surface area contributed by atoms with Crippen molar-refractivity contribution < 1.29 is 13.2 Å². The van der Waals surface area contributed by atoms with Crippen LogP contribution in [0.15, 0.2) is 36.4 Å². The van der Waals surface area contributed by atoms with Crippen LogP contribution in [0, 0.1) is 0 Å². The molecule has 1 N–H and O–H groups in total. The minimum atomic E-state index is -4.30. The Morgan fingerprint density at radius 2 is 1.90 bits per heavy atom. The van der Waals surface area contributed by atoms with Gasteiger partial charge in [-0.05, 0) is 29.8 Å². The van der Waals surface area contributed by atoms with Crippen LogP contribution in [0.1, 0.15) is 24.3 Å². The summed E-state index contributed by atoms with van der Waals surface area (Å²) in [7, 11) is 0.